The predicted octanol–water partition coefficient (Wildman–Crippen LogP) is 3.25. The zero-order valence-corrected chi connectivity index (χ0v) is 14.7. The van der Waals surface area contributed by atoms with Crippen LogP contribution in [0.1, 0.15) is 43.6 Å². The van der Waals surface area contributed by atoms with Crippen LogP contribution in [0.4, 0.5) is 0 Å². The van der Waals surface area contributed by atoms with Gasteiger partial charge in [-0.3, -0.25) is 4.99 Å². The van der Waals surface area contributed by atoms with E-state index in [-0.39, 0.29) is 0 Å². The number of likely N-dealkylation sites (tertiary alicyclic amines) is 1. The Bertz CT molecular complexity index is 586. The molecule has 0 spiro atoms. The van der Waals surface area contributed by atoms with E-state index in [0.29, 0.717) is 5.92 Å². The fraction of sp³-hybridized carbons (Fsp3) is 0.650. The van der Waals surface area contributed by atoms with Crippen molar-refractivity contribution in [1.82, 2.24) is 10.2 Å². The number of fused-ring (bicyclic) bond motifs is 2. The summed E-state index contributed by atoms with van der Waals surface area (Å²) < 4.78 is 5.78. The molecule has 2 aliphatic heterocycles. The topological polar surface area (TPSA) is 36.9 Å². The van der Waals surface area contributed by atoms with Gasteiger partial charge in [0.1, 0.15) is 5.75 Å². The number of nitrogens with zero attached hydrogens (tertiary/aromatic N) is 2. The first-order valence-corrected chi connectivity index (χ1v) is 9.52. The second kappa shape index (κ2) is 7.04. The lowest BCUT2D eigenvalue weighted by Crippen LogP contribution is -2.42. The fourth-order valence-corrected chi connectivity index (χ4v) is 4.75. The maximum absolute atomic E-state index is 5.78. The Morgan fingerprint density at radius 2 is 1.92 bits per heavy atom. The van der Waals surface area contributed by atoms with Gasteiger partial charge in [0, 0.05) is 32.6 Å². The van der Waals surface area contributed by atoms with Crippen LogP contribution in [0.25, 0.3) is 0 Å². The molecule has 3 aliphatic rings. The van der Waals surface area contributed by atoms with Crippen LogP contribution < -0.4 is 10.1 Å². The molecule has 1 aliphatic carbocycles. The Balaban J connectivity index is 1.38. The number of hydrogen-bond acceptors (Lipinski definition) is 2. The van der Waals surface area contributed by atoms with Crippen molar-refractivity contribution < 1.29 is 4.74 Å². The van der Waals surface area contributed by atoms with Crippen molar-refractivity contribution in [2.75, 3.05) is 33.3 Å². The standard InChI is InChI=1S/C20H29N3O/c1-21-20(23-13-16-6-2-3-7-17(16)14-23)22-12-15-10-11-24-19-9-5-4-8-18(15)19/h4-5,8-9,15-17H,2-3,6-7,10-14H2,1H3,(H,21,22). The fourth-order valence-electron chi connectivity index (χ4n) is 4.75. The van der Waals surface area contributed by atoms with Gasteiger partial charge in [-0.15, -0.1) is 0 Å². The summed E-state index contributed by atoms with van der Waals surface area (Å²) in [4.78, 5) is 7.06. The van der Waals surface area contributed by atoms with Crippen molar-refractivity contribution in [3.8, 4) is 5.75 Å². The number of ether oxygens (including phenoxy) is 1. The minimum Gasteiger partial charge on any atom is -0.493 e. The molecule has 3 unspecified atom stereocenters. The Hall–Kier alpha value is -1.71. The summed E-state index contributed by atoms with van der Waals surface area (Å²) in [6.07, 6.45) is 6.73. The van der Waals surface area contributed by atoms with E-state index >= 15 is 0 Å². The molecule has 1 N–H and O–H groups in total. The van der Waals surface area contributed by atoms with Crippen LogP contribution in [0.5, 0.6) is 5.75 Å². The van der Waals surface area contributed by atoms with Gasteiger partial charge in [0.05, 0.1) is 6.61 Å². The van der Waals surface area contributed by atoms with Gasteiger partial charge in [-0.25, -0.2) is 0 Å². The molecule has 0 radical (unpaired) electrons. The second-order valence-electron chi connectivity index (χ2n) is 7.51. The molecule has 0 aromatic heterocycles. The highest BCUT2D eigenvalue weighted by Crippen LogP contribution is 2.36. The first-order valence-electron chi connectivity index (χ1n) is 9.52. The molecular weight excluding hydrogens is 298 g/mol. The Labute approximate surface area is 145 Å². The highest BCUT2D eigenvalue weighted by Gasteiger charge is 2.35. The van der Waals surface area contributed by atoms with Crippen LogP contribution in [0.15, 0.2) is 29.3 Å². The number of aliphatic imine (C=N–C) groups is 1. The van der Waals surface area contributed by atoms with Crippen LogP contribution in [-0.2, 0) is 0 Å². The molecule has 2 fully saturated rings. The van der Waals surface area contributed by atoms with E-state index in [1.54, 1.807) is 0 Å². The molecular formula is C20H29N3O. The third-order valence-electron chi connectivity index (χ3n) is 6.08. The first kappa shape index (κ1) is 15.8. The molecule has 1 aromatic carbocycles. The smallest absolute Gasteiger partial charge is 0.193 e. The average molecular weight is 327 g/mol. The van der Waals surface area contributed by atoms with E-state index in [1.807, 2.05) is 7.05 Å². The van der Waals surface area contributed by atoms with Gasteiger partial charge in [0.15, 0.2) is 5.96 Å². The number of guanidine groups is 1. The lowest BCUT2D eigenvalue weighted by atomic mass is 9.82. The Morgan fingerprint density at radius 1 is 1.17 bits per heavy atom. The van der Waals surface area contributed by atoms with Crippen molar-refractivity contribution in [1.29, 1.82) is 0 Å². The molecule has 3 atom stereocenters. The lowest BCUT2D eigenvalue weighted by molar-refractivity contribution is 0.266. The number of hydrogen-bond donors (Lipinski definition) is 1. The third-order valence-corrected chi connectivity index (χ3v) is 6.08. The Kier molecular flexibility index (Phi) is 4.63. The molecule has 130 valence electrons. The SMILES string of the molecule is CN=C(NCC1CCOc2ccccc21)N1CC2CCCCC2C1. The summed E-state index contributed by atoms with van der Waals surface area (Å²) in [6, 6.07) is 8.45. The summed E-state index contributed by atoms with van der Waals surface area (Å²) in [5, 5.41) is 3.65. The van der Waals surface area contributed by atoms with Gasteiger partial charge >= 0.3 is 0 Å². The van der Waals surface area contributed by atoms with Crippen LogP contribution >= 0.6 is 0 Å². The van der Waals surface area contributed by atoms with Crippen molar-refractivity contribution in [3.63, 3.8) is 0 Å². The largest absolute Gasteiger partial charge is 0.493 e. The third kappa shape index (κ3) is 3.11. The van der Waals surface area contributed by atoms with Gasteiger partial charge in [-0.1, -0.05) is 31.0 Å². The summed E-state index contributed by atoms with van der Waals surface area (Å²) in [7, 11) is 1.92. The van der Waals surface area contributed by atoms with E-state index in [4.69, 9.17) is 4.74 Å². The maximum Gasteiger partial charge on any atom is 0.193 e. The quantitative estimate of drug-likeness (QED) is 0.669. The van der Waals surface area contributed by atoms with Gasteiger partial charge in [-0.2, -0.15) is 0 Å². The number of para-hydroxylation sites is 1. The number of benzene rings is 1. The molecule has 1 saturated heterocycles. The molecule has 0 amide bonds. The molecule has 24 heavy (non-hydrogen) atoms. The van der Waals surface area contributed by atoms with Crippen molar-refractivity contribution in [2.24, 2.45) is 16.8 Å². The van der Waals surface area contributed by atoms with E-state index in [0.717, 1.165) is 43.1 Å². The van der Waals surface area contributed by atoms with Gasteiger partial charge in [0.2, 0.25) is 0 Å². The molecule has 1 saturated carbocycles. The van der Waals surface area contributed by atoms with Crippen LogP contribution in [0.3, 0.4) is 0 Å². The zero-order valence-electron chi connectivity index (χ0n) is 14.7. The highest BCUT2D eigenvalue weighted by atomic mass is 16.5. The van der Waals surface area contributed by atoms with E-state index in [1.165, 1.54) is 44.3 Å². The summed E-state index contributed by atoms with van der Waals surface area (Å²) in [5.74, 6) is 4.44. The van der Waals surface area contributed by atoms with Crippen molar-refractivity contribution in [3.05, 3.63) is 29.8 Å². The second-order valence-corrected chi connectivity index (χ2v) is 7.51. The van der Waals surface area contributed by atoms with Crippen LogP contribution in [0.2, 0.25) is 0 Å². The summed E-state index contributed by atoms with van der Waals surface area (Å²) in [5.41, 5.74) is 1.33. The first-order chi connectivity index (χ1) is 11.8. The zero-order chi connectivity index (χ0) is 16.4. The number of nitrogens with one attached hydrogen (secondary N) is 1. The number of rotatable bonds is 2. The molecule has 4 rings (SSSR count). The van der Waals surface area contributed by atoms with Gasteiger partial charge in [0.25, 0.3) is 0 Å². The monoisotopic (exact) mass is 327 g/mol. The van der Waals surface area contributed by atoms with E-state index in [9.17, 15) is 0 Å². The minimum atomic E-state index is 0.511. The van der Waals surface area contributed by atoms with Gasteiger partial charge < -0.3 is 15.0 Å². The molecule has 2 heterocycles. The van der Waals surface area contributed by atoms with Crippen LogP contribution in [0, 0.1) is 11.8 Å². The Morgan fingerprint density at radius 3 is 2.67 bits per heavy atom. The average Bonchev–Trinajstić information content (AvgIpc) is 3.06. The molecule has 0 bridgehead atoms. The highest BCUT2D eigenvalue weighted by molar-refractivity contribution is 5.80. The van der Waals surface area contributed by atoms with Crippen molar-refractivity contribution >= 4 is 5.96 Å². The summed E-state index contributed by atoms with van der Waals surface area (Å²) >= 11 is 0. The molecule has 4 nitrogen and oxygen atoms in total. The van der Waals surface area contributed by atoms with Crippen LogP contribution in [-0.4, -0.2) is 44.1 Å². The van der Waals surface area contributed by atoms with E-state index < -0.39 is 0 Å². The maximum atomic E-state index is 5.78. The molecule has 1 aromatic rings. The van der Waals surface area contributed by atoms with Crippen molar-refractivity contribution in [2.45, 2.75) is 38.0 Å². The molecule has 4 heteroatoms. The summed E-state index contributed by atoms with van der Waals surface area (Å²) in [6.45, 7) is 4.14. The van der Waals surface area contributed by atoms with Gasteiger partial charge in [-0.05, 0) is 42.7 Å². The lowest BCUT2D eigenvalue weighted by Gasteiger charge is -2.28. The predicted molar refractivity (Wildman–Crippen MR) is 97.7 cm³/mol. The van der Waals surface area contributed by atoms with E-state index in [2.05, 4.69) is 39.5 Å². The minimum absolute atomic E-state index is 0.511. The normalized spacial score (nSPS) is 29.6.